The highest BCUT2D eigenvalue weighted by atomic mass is 32.1. The molecule has 3 aromatic rings. The minimum absolute atomic E-state index is 0.0307. The van der Waals surface area contributed by atoms with E-state index in [1.807, 2.05) is 60.2 Å². The molecule has 3 heterocycles. The number of anilines is 1. The molecule has 4 rings (SSSR count). The Bertz CT molecular complexity index is 1100. The standard InChI is InChI=1S/C25H32N4O3S/c1-3-28(20-8-5-4-7-19(20)2)24(30)18-29-21-9-16-33-23(21)17-22(29)25(31)26-10-6-11-27-12-14-32-15-13-27/h4-5,7-9,16-17H,3,6,10-15,18H2,1-2H3,(H,26,31). The van der Waals surface area contributed by atoms with Crippen LogP contribution in [0.5, 0.6) is 0 Å². The van der Waals surface area contributed by atoms with Crippen LogP contribution in [-0.2, 0) is 16.1 Å². The van der Waals surface area contributed by atoms with Gasteiger partial charge in [-0.3, -0.25) is 14.5 Å². The average Bonchev–Trinajstić information content (AvgIpc) is 3.42. The van der Waals surface area contributed by atoms with Gasteiger partial charge >= 0.3 is 0 Å². The second-order valence-electron chi connectivity index (χ2n) is 8.27. The molecule has 0 aliphatic carbocycles. The summed E-state index contributed by atoms with van der Waals surface area (Å²) in [5, 5.41) is 5.04. The number of fused-ring (bicyclic) bond motifs is 1. The van der Waals surface area contributed by atoms with Gasteiger partial charge in [0.25, 0.3) is 5.91 Å². The molecule has 1 N–H and O–H groups in total. The Morgan fingerprint density at radius 3 is 2.73 bits per heavy atom. The van der Waals surface area contributed by atoms with Crippen molar-refractivity contribution in [1.29, 1.82) is 0 Å². The number of likely N-dealkylation sites (N-methyl/N-ethyl adjacent to an activating group) is 1. The van der Waals surface area contributed by atoms with Gasteiger partial charge in [0.1, 0.15) is 12.2 Å². The minimum Gasteiger partial charge on any atom is -0.379 e. The van der Waals surface area contributed by atoms with Crippen molar-refractivity contribution >= 4 is 39.1 Å². The van der Waals surface area contributed by atoms with Crippen molar-refractivity contribution < 1.29 is 14.3 Å². The zero-order valence-corrected chi connectivity index (χ0v) is 20.2. The van der Waals surface area contributed by atoms with E-state index in [1.165, 1.54) is 0 Å². The van der Waals surface area contributed by atoms with Gasteiger partial charge in [-0.2, -0.15) is 0 Å². The molecular formula is C25H32N4O3S. The van der Waals surface area contributed by atoms with E-state index in [-0.39, 0.29) is 18.4 Å². The lowest BCUT2D eigenvalue weighted by atomic mass is 10.2. The van der Waals surface area contributed by atoms with E-state index < -0.39 is 0 Å². The summed E-state index contributed by atoms with van der Waals surface area (Å²) >= 11 is 1.58. The Balaban J connectivity index is 1.45. The van der Waals surface area contributed by atoms with Crippen LogP contribution in [0.1, 0.15) is 29.4 Å². The lowest BCUT2D eigenvalue weighted by molar-refractivity contribution is -0.119. The van der Waals surface area contributed by atoms with Crippen LogP contribution >= 0.6 is 11.3 Å². The molecule has 0 atom stereocenters. The van der Waals surface area contributed by atoms with Crippen LogP contribution in [0.2, 0.25) is 0 Å². The van der Waals surface area contributed by atoms with Gasteiger partial charge in [-0.25, -0.2) is 0 Å². The molecule has 0 bridgehead atoms. The summed E-state index contributed by atoms with van der Waals surface area (Å²) in [6, 6.07) is 11.8. The van der Waals surface area contributed by atoms with Gasteiger partial charge in [0, 0.05) is 31.9 Å². The van der Waals surface area contributed by atoms with E-state index in [1.54, 1.807) is 16.2 Å². The first kappa shape index (κ1) is 23.5. The number of nitrogens with zero attached hydrogens (tertiary/aromatic N) is 3. The number of morpholine rings is 1. The van der Waals surface area contributed by atoms with Crippen molar-refractivity contribution in [3.8, 4) is 0 Å². The van der Waals surface area contributed by atoms with Crippen molar-refractivity contribution in [2.45, 2.75) is 26.8 Å². The molecular weight excluding hydrogens is 436 g/mol. The molecule has 1 saturated heterocycles. The number of carbonyl (C=O) groups is 2. The van der Waals surface area contributed by atoms with Crippen LogP contribution < -0.4 is 10.2 Å². The zero-order valence-electron chi connectivity index (χ0n) is 19.4. The predicted molar refractivity (Wildman–Crippen MR) is 133 cm³/mol. The van der Waals surface area contributed by atoms with Gasteiger partial charge in [-0.15, -0.1) is 11.3 Å². The van der Waals surface area contributed by atoms with Crippen LogP contribution in [-0.4, -0.2) is 67.2 Å². The number of hydrogen-bond acceptors (Lipinski definition) is 5. The zero-order chi connectivity index (χ0) is 23.2. The van der Waals surface area contributed by atoms with Gasteiger partial charge in [-0.05, 0) is 56.0 Å². The normalized spacial score (nSPS) is 14.5. The Kier molecular flexibility index (Phi) is 7.80. The number of hydrogen-bond donors (Lipinski definition) is 1. The summed E-state index contributed by atoms with van der Waals surface area (Å²) in [6.45, 7) is 9.68. The highest BCUT2D eigenvalue weighted by molar-refractivity contribution is 7.17. The number of carbonyl (C=O) groups excluding carboxylic acids is 2. The summed E-state index contributed by atoms with van der Waals surface area (Å²) in [6.07, 6.45) is 0.886. The maximum Gasteiger partial charge on any atom is 0.267 e. The van der Waals surface area contributed by atoms with E-state index >= 15 is 0 Å². The van der Waals surface area contributed by atoms with Gasteiger partial charge in [0.15, 0.2) is 0 Å². The van der Waals surface area contributed by atoms with E-state index in [0.29, 0.717) is 18.8 Å². The molecule has 0 spiro atoms. The van der Waals surface area contributed by atoms with Crippen molar-refractivity contribution in [2.75, 3.05) is 50.8 Å². The first-order valence-electron chi connectivity index (χ1n) is 11.6. The van der Waals surface area contributed by atoms with E-state index in [0.717, 1.165) is 60.7 Å². The summed E-state index contributed by atoms with van der Waals surface area (Å²) in [7, 11) is 0. The fraction of sp³-hybridized carbons (Fsp3) is 0.440. The van der Waals surface area contributed by atoms with Crippen molar-refractivity contribution in [3.63, 3.8) is 0 Å². The van der Waals surface area contributed by atoms with E-state index in [4.69, 9.17) is 4.74 Å². The third-order valence-electron chi connectivity index (χ3n) is 6.11. The third kappa shape index (κ3) is 5.46. The summed E-state index contributed by atoms with van der Waals surface area (Å²) in [5.41, 5.74) is 3.43. The van der Waals surface area contributed by atoms with Crippen molar-refractivity contribution in [2.24, 2.45) is 0 Å². The highest BCUT2D eigenvalue weighted by Crippen LogP contribution is 2.26. The fourth-order valence-corrected chi connectivity index (χ4v) is 5.15. The Morgan fingerprint density at radius 2 is 1.97 bits per heavy atom. The number of aromatic nitrogens is 1. The van der Waals surface area contributed by atoms with Gasteiger partial charge in [0.05, 0.1) is 23.4 Å². The second-order valence-corrected chi connectivity index (χ2v) is 9.22. The third-order valence-corrected chi connectivity index (χ3v) is 6.97. The molecule has 2 amide bonds. The lowest BCUT2D eigenvalue weighted by Gasteiger charge is -2.26. The summed E-state index contributed by atoms with van der Waals surface area (Å²) in [5.74, 6) is -0.163. The average molecular weight is 469 g/mol. The van der Waals surface area contributed by atoms with Crippen molar-refractivity contribution in [1.82, 2.24) is 14.8 Å². The molecule has 8 heteroatoms. The topological polar surface area (TPSA) is 66.8 Å². The SMILES string of the molecule is CCN(C(=O)Cn1c(C(=O)NCCCN2CCOCC2)cc2sccc21)c1ccccc1C. The van der Waals surface area contributed by atoms with Gasteiger partial charge < -0.3 is 19.5 Å². The Morgan fingerprint density at radius 1 is 1.18 bits per heavy atom. The summed E-state index contributed by atoms with van der Waals surface area (Å²) < 4.78 is 8.25. The molecule has 1 aliphatic rings. The van der Waals surface area contributed by atoms with Crippen LogP contribution in [0.15, 0.2) is 41.8 Å². The predicted octanol–water partition coefficient (Wildman–Crippen LogP) is 3.52. The van der Waals surface area contributed by atoms with Crippen LogP contribution in [0.25, 0.3) is 10.2 Å². The number of para-hydroxylation sites is 1. The number of aryl methyl sites for hydroxylation is 1. The van der Waals surface area contributed by atoms with Crippen molar-refractivity contribution in [3.05, 3.63) is 53.0 Å². The quantitative estimate of drug-likeness (QED) is 0.488. The fourth-order valence-electron chi connectivity index (χ4n) is 4.32. The Hall–Kier alpha value is -2.68. The molecule has 0 unspecified atom stereocenters. The number of nitrogens with one attached hydrogen (secondary N) is 1. The number of thiophene rings is 1. The molecule has 1 aromatic carbocycles. The van der Waals surface area contributed by atoms with Crippen LogP contribution in [0.4, 0.5) is 5.69 Å². The minimum atomic E-state index is -0.132. The molecule has 0 radical (unpaired) electrons. The first-order chi connectivity index (χ1) is 16.1. The Labute approximate surface area is 198 Å². The van der Waals surface area contributed by atoms with Crippen LogP contribution in [0, 0.1) is 6.92 Å². The monoisotopic (exact) mass is 468 g/mol. The molecule has 2 aromatic heterocycles. The number of benzene rings is 1. The maximum atomic E-state index is 13.3. The second kappa shape index (κ2) is 11.0. The molecule has 0 saturated carbocycles. The maximum absolute atomic E-state index is 13.3. The van der Waals surface area contributed by atoms with Crippen LogP contribution in [0.3, 0.4) is 0 Å². The van der Waals surface area contributed by atoms with E-state index in [2.05, 4.69) is 10.2 Å². The van der Waals surface area contributed by atoms with Gasteiger partial charge in [-0.1, -0.05) is 18.2 Å². The highest BCUT2D eigenvalue weighted by Gasteiger charge is 2.22. The molecule has 176 valence electrons. The largest absolute Gasteiger partial charge is 0.379 e. The smallest absolute Gasteiger partial charge is 0.267 e. The number of amides is 2. The number of rotatable bonds is 9. The number of ether oxygens (including phenoxy) is 1. The summed E-state index contributed by atoms with van der Waals surface area (Å²) in [4.78, 5) is 30.5. The first-order valence-corrected chi connectivity index (χ1v) is 12.5. The molecule has 33 heavy (non-hydrogen) atoms. The molecule has 1 aliphatic heterocycles. The lowest BCUT2D eigenvalue weighted by Crippen LogP contribution is -2.38. The molecule has 1 fully saturated rings. The molecule has 7 nitrogen and oxygen atoms in total. The van der Waals surface area contributed by atoms with Gasteiger partial charge in [0.2, 0.25) is 5.91 Å². The van der Waals surface area contributed by atoms with E-state index in [9.17, 15) is 9.59 Å².